The minimum Gasteiger partial charge on any atom is -0.339 e. The summed E-state index contributed by atoms with van der Waals surface area (Å²) in [6.45, 7) is 2.11. The molecule has 8 heteroatoms. The van der Waals surface area contributed by atoms with Crippen LogP contribution in [0.4, 0.5) is 4.39 Å². The molecular weight excluding hydrogens is 359 g/mol. The number of hydrogen-bond donors (Lipinski definition) is 0. The lowest BCUT2D eigenvalue weighted by Gasteiger charge is -2.28. The maximum atomic E-state index is 13.1. The number of sulfone groups is 1. The molecule has 2 amide bonds. The van der Waals surface area contributed by atoms with E-state index in [9.17, 15) is 22.4 Å². The van der Waals surface area contributed by atoms with Gasteiger partial charge in [-0.2, -0.15) is 0 Å². The Morgan fingerprint density at radius 1 is 1.31 bits per heavy atom. The quantitative estimate of drug-likeness (QED) is 0.789. The van der Waals surface area contributed by atoms with E-state index >= 15 is 0 Å². The van der Waals surface area contributed by atoms with Crippen molar-refractivity contribution >= 4 is 21.7 Å². The van der Waals surface area contributed by atoms with Gasteiger partial charge in [0, 0.05) is 26.1 Å². The van der Waals surface area contributed by atoms with Gasteiger partial charge >= 0.3 is 0 Å². The molecule has 26 heavy (non-hydrogen) atoms. The number of rotatable bonds is 4. The first kappa shape index (κ1) is 18.8. The first-order valence-corrected chi connectivity index (χ1v) is 10.5. The van der Waals surface area contributed by atoms with Gasteiger partial charge in [0.2, 0.25) is 11.8 Å². The first-order valence-electron chi connectivity index (χ1n) is 8.70. The standard InChI is InChI=1S/C18H23FN2O4S/c1-12(13-3-5-15(19)6-4-13)20(2)18(23)14-9-17(22)21(10-14)16-7-8-26(24,25)11-16/h3-6,12,14,16H,7-11H2,1-2H3. The molecule has 6 nitrogen and oxygen atoms in total. The van der Waals surface area contributed by atoms with E-state index in [0.29, 0.717) is 6.42 Å². The Bertz CT molecular complexity index is 809. The molecule has 0 aliphatic carbocycles. The van der Waals surface area contributed by atoms with E-state index < -0.39 is 15.8 Å². The minimum atomic E-state index is -3.08. The van der Waals surface area contributed by atoms with E-state index in [2.05, 4.69) is 0 Å². The molecule has 2 heterocycles. The van der Waals surface area contributed by atoms with Gasteiger partial charge in [-0.05, 0) is 31.0 Å². The summed E-state index contributed by atoms with van der Waals surface area (Å²) in [5.41, 5.74) is 0.810. The summed E-state index contributed by atoms with van der Waals surface area (Å²) < 4.78 is 36.4. The third-order valence-corrected chi connectivity index (χ3v) is 7.19. The second-order valence-corrected chi connectivity index (χ2v) is 9.41. The van der Waals surface area contributed by atoms with Crippen LogP contribution in [0.3, 0.4) is 0 Å². The Balaban J connectivity index is 1.66. The van der Waals surface area contributed by atoms with E-state index in [-0.39, 0.29) is 54.2 Å². The van der Waals surface area contributed by atoms with Gasteiger partial charge in [-0.1, -0.05) is 12.1 Å². The summed E-state index contributed by atoms with van der Waals surface area (Å²) in [7, 11) is -1.41. The normalized spacial score (nSPS) is 26.1. The van der Waals surface area contributed by atoms with Crippen molar-refractivity contribution < 1.29 is 22.4 Å². The Labute approximate surface area is 152 Å². The van der Waals surface area contributed by atoms with Crippen LogP contribution in [-0.4, -0.2) is 61.2 Å². The molecule has 0 saturated carbocycles. The molecular formula is C18H23FN2O4S. The van der Waals surface area contributed by atoms with Crippen molar-refractivity contribution in [3.63, 3.8) is 0 Å². The molecule has 3 unspecified atom stereocenters. The van der Waals surface area contributed by atoms with Crippen LogP contribution in [0.2, 0.25) is 0 Å². The predicted octanol–water partition coefficient (Wildman–Crippen LogP) is 1.38. The van der Waals surface area contributed by atoms with Crippen LogP contribution in [0.5, 0.6) is 0 Å². The number of hydrogen-bond acceptors (Lipinski definition) is 4. The molecule has 0 bridgehead atoms. The fraction of sp³-hybridized carbons (Fsp3) is 0.556. The van der Waals surface area contributed by atoms with E-state index in [0.717, 1.165) is 5.56 Å². The molecule has 0 radical (unpaired) electrons. The summed E-state index contributed by atoms with van der Waals surface area (Å²) in [4.78, 5) is 28.2. The Morgan fingerprint density at radius 2 is 1.96 bits per heavy atom. The van der Waals surface area contributed by atoms with Gasteiger partial charge in [0.15, 0.2) is 9.84 Å². The summed E-state index contributed by atoms with van der Waals surface area (Å²) >= 11 is 0. The van der Waals surface area contributed by atoms with Crippen LogP contribution in [-0.2, 0) is 19.4 Å². The molecule has 2 aliphatic rings. The third-order valence-electron chi connectivity index (χ3n) is 5.44. The number of nitrogens with zero attached hydrogens (tertiary/aromatic N) is 2. The van der Waals surface area contributed by atoms with Crippen molar-refractivity contribution in [2.24, 2.45) is 5.92 Å². The minimum absolute atomic E-state index is 0.0124. The van der Waals surface area contributed by atoms with Crippen LogP contribution in [0, 0.1) is 11.7 Å². The fourth-order valence-electron chi connectivity index (χ4n) is 3.71. The average Bonchev–Trinajstić information content (AvgIpc) is 3.15. The van der Waals surface area contributed by atoms with E-state index in [4.69, 9.17) is 0 Å². The summed E-state index contributed by atoms with van der Waals surface area (Å²) in [6, 6.07) is 5.42. The number of carbonyl (C=O) groups excluding carboxylic acids is 2. The average molecular weight is 382 g/mol. The monoisotopic (exact) mass is 382 g/mol. The van der Waals surface area contributed by atoms with Gasteiger partial charge in [-0.3, -0.25) is 9.59 Å². The lowest BCUT2D eigenvalue weighted by Crippen LogP contribution is -2.39. The lowest BCUT2D eigenvalue weighted by molar-refractivity contribution is -0.136. The van der Waals surface area contributed by atoms with Gasteiger partial charge < -0.3 is 9.80 Å². The smallest absolute Gasteiger partial charge is 0.228 e. The Kier molecular flexibility index (Phi) is 5.05. The SMILES string of the molecule is CC(c1ccc(F)cc1)N(C)C(=O)C1CC(=O)N(C2CCS(=O)(=O)C2)C1. The summed E-state index contributed by atoms with van der Waals surface area (Å²) in [6.07, 6.45) is 0.548. The summed E-state index contributed by atoms with van der Waals surface area (Å²) in [5, 5.41) is 0. The lowest BCUT2D eigenvalue weighted by atomic mass is 10.0. The zero-order valence-corrected chi connectivity index (χ0v) is 15.7. The largest absolute Gasteiger partial charge is 0.339 e. The van der Waals surface area contributed by atoms with E-state index in [1.807, 2.05) is 6.92 Å². The van der Waals surface area contributed by atoms with Gasteiger partial charge in [-0.15, -0.1) is 0 Å². The first-order chi connectivity index (χ1) is 12.2. The molecule has 2 fully saturated rings. The summed E-state index contributed by atoms with van der Waals surface area (Å²) in [5.74, 6) is -1.03. The van der Waals surface area contributed by atoms with Crippen molar-refractivity contribution in [3.05, 3.63) is 35.6 Å². The van der Waals surface area contributed by atoms with Crippen LogP contribution in [0.25, 0.3) is 0 Å². The molecule has 1 aromatic rings. The van der Waals surface area contributed by atoms with Gasteiger partial charge in [0.05, 0.1) is 23.5 Å². The van der Waals surface area contributed by atoms with E-state index in [1.165, 1.54) is 12.1 Å². The van der Waals surface area contributed by atoms with Crippen molar-refractivity contribution in [3.8, 4) is 0 Å². The second kappa shape index (κ2) is 6.98. The zero-order chi connectivity index (χ0) is 19.1. The number of carbonyl (C=O) groups is 2. The molecule has 0 aromatic heterocycles. The highest BCUT2D eigenvalue weighted by Gasteiger charge is 2.42. The molecule has 3 atom stereocenters. The van der Waals surface area contributed by atoms with Crippen LogP contribution < -0.4 is 0 Å². The molecule has 2 aliphatic heterocycles. The van der Waals surface area contributed by atoms with Crippen LogP contribution in [0.1, 0.15) is 31.4 Å². The second-order valence-electron chi connectivity index (χ2n) is 7.18. The van der Waals surface area contributed by atoms with Crippen molar-refractivity contribution in [1.82, 2.24) is 9.80 Å². The fourth-order valence-corrected chi connectivity index (χ4v) is 5.45. The molecule has 1 aromatic carbocycles. The highest BCUT2D eigenvalue weighted by molar-refractivity contribution is 7.91. The van der Waals surface area contributed by atoms with Gasteiger partial charge in [0.1, 0.15) is 5.82 Å². The van der Waals surface area contributed by atoms with Crippen molar-refractivity contribution in [2.45, 2.75) is 31.8 Å². The highest BCUT2D eigenvalue weighted by atomic mass is 32.2. The molecule has 2 saturated heterocycles. The number of benzene rings is 1. The topological polar surface area (TPSA) is 74.8 Å². The third kappa shape index (κ3) is 3.75. The van der Waals surface area contributed by atoms with Gasteiger partial charge in [-0.25, -0.2) is 12.8 Å². The molecule has 142 valence electrons. The number of likely N-dealkylation sites (tertiary alicyclic amines) is 1. The Hall–Kier alpha value is -1.96. The zero-order valence-electron chi connectivity index (χ0n) is 14.9. The van der Waals surface area contributed by atoms with Crippen molar-refractivity contribution in [1.29, 1.82) is 0 Å². The maximum absolute atomic E-state index is 13.1. The molecule has 0 N–H and O–H groups in total. The molecule has 0 spiro atoms. The van der Waals surface area contributed by atoms with Gasteiger partial charge in [0.25, 0.3) is 0 Å². The van der Waals surface area contributed by atoms with E-state index in [1.54, 1.807) is 29.0 Å². The predicted molar refractivity (Wildman–Crippen MR) is 94.5 cm³/mol. The van der Waals surface area contributed by atoms with Crippen LogP contribution in [0.15, 0.2) is 24.3 Å². The Morgan fingerprint density at radius 3 is 2.54 bits per heavy atom. The highest BCUT2D eigenvalue weighted by Crippen LogP contribution is 2.29. The van der Waals surface area contributed by atoms with Crippen molar-refractivity contribution in [2.75, 3.05) is 25.1 Å². The number of amides is 2. The van der Waals surface area contributed by atoms with Crippen LogP contribution >= 0.6 is 0 Å². The maximum Gasteiger partial charge on any atom is 0.228 e. The number of halogens is 1. The molecule has 3 rings (SSSR count).